The van der Waals surface area contributed by atoms with Gasteiger partial charge in [0.05, 0.1) is 43.7 Å². The van der Waals surface area contributed by atoms with E-state index < -0.39 is 48.1 Å². The average Bonchev–Trinajstić information content (AvgIpc) is 4.20. The summed E-state index contributed by atoms with van der Waals surface area (Å²) < 4.78 is 107. The number of likely N-dealkylation sites (N-methyl/N-ethyl adjacent to an activating group) is 1. The van der Waals surface area contributed by atoms with E-state index in [1.807, 2.05) is 6.92 Å². The van der Waals surface area contributed by atoms with E-state index in [1.54, 1.807) is 6.55 Å². The van der Waals surface area contributed by atoms with E-state index in [1.165, 1.54) is 6.42 Å². The van der Waals surface area contributed by atoms with Crippen LogP contribution in [0.4, 0.5) is 0 Å². The monoisotopic (exact) mass is 1040 g/mol. The van der Waals surface area contributed by atoms with Gasteiger partial charge in [0.2, 0.25) is 0 Å². The van der Waals surface area contributed by atoms with Gasteiger partial charge in [-0.15, -0.1) is 0 Å². The molecule has 21 heteroatoms. The van der Waals surface area contributed by atoms with Gasteiger partial charge >= 0.3 is 6.72 Å². The summed E-state index contributed by atoms with van der Waals surface area (Å²) in [7, 11) is -3.09. The third-order valence-electron chi connectivity index (χ3n) is 15.7. The zero-order valence-electron chi connectivity index (χ0n) is 44.2. The van der Waals surface area contributed by atoms with Crippen LogP contribution in [0.2, 0.25) is 6.55 Å². The Morgan fingerprint density at radius 3 is 2.13 bits per heavy atom. The van der Waals surface area contributed by atoms with Crippen molar-refractivity contribution in [3.05, 3.63) is 0 Å². The number of hydrogen-bond donors (Lipinski definition) is 1. The molecular weight excluding hydrogens is 949 g/mol. The lowest BCUT2D eigenvalue weighted by Gasteiger charge is -2.43. The standard InChI is InChI=1S/C27H48NO7PS.C20H36BNO7PSi/c1-6-21-22(14-19(5)30-21)34-36(37,29-16-20-13-17(3)12-18(20)4)35-24-23(15-28-7-2)31-26-25(24)32-27(33-26)10-8-9-11-27;1-12(2)22-10-15-17(18-19(25-15)27-20(26-18)7-5-6-8-20)29-30(22)28-14-9-13(3)24-16(14)11-23-31(4)21/h17-26,28H,6-16H2,1-5H3;12-19,21,31H,5-11H2,1-4H3/t17?,18?,19?,20?,21?,22?,23-,24+,25-,26-,36?;13?,14?,15-,16?,17+,18-,19-,30?,31?/m11/s1/i;21T,31D. The summed E-state index contributed by atoms with van der Waals surface area (Å²) in [4.78, 5) is 0. The van der Waals surface area contributed by atoms with Gasteiger partial charge in [-0.2, -0.15) is 0 Å². The first-order valence-electron chi connectivity index (χ1n) is 27.4. The van der Waals surface area contributed by atoms with Crippen molar-refractivity contribution in [1.29, 1.82) is 2.57 Å². The van der Waals surface area contributed by atoms with Crippen molar-refractivity contribution >= 4 is 43.3 Å². The fourth-order valence-corrected chi connectivity index (χ4v) is 17.0. The van der Waals surface area contributed by atoms with Crippen LogP contribution in [0, 0.1) is 17.8 Å². The first-order valence-corrected chi connectivity index (χ1v) is 32.0. The molecule has 1 radical (unpaired) electrons. The van der Waals surface area contributed by atoms with Crippen molar-refractivity contribution in [2.45, 2.75) is 249 Å². The predicted octanol–water partition coefficient (Wildman–Crippen LogP) is 7.35. The molecule has 7 aliphatic heterocycles. The molecule has 10 rings (SSSR count). The normalized spacial score (nSPS) is 45.8. The van der Waals surface area contributed by atoms with Gasteiger partial charge in [0.25, 0.3) is 8.53 Å². The van der Waals surface area contributed by atoms with Crippen molar-refractivity contribution in [3.63, 3.8) is 0 Å². The van der Waals surface area contributed by atoms with Crippen LogP contribution >= 0.6 is 15.2 Å². The van der Waals surface area contributed by atoms with Gasteiger partial charge in [-0.1, -0.05) is 34.2 Å². The fraction of sp³-hybridized carbons (Fsp3) is 1.00. The molecule has 20 atom stereocenters. The molecule has 10 fully saturated rings. The molecule has 7 saturated heterocycles. The average molecular weight is 1040 g/mol. The SMILES string of the molecule is CCNC[C@H]1O[C@@H]2OC3(CCCC3)O[C@@H]2[C@H]1OP(=S)(OCC1CC(C)CC1C)OC1CC(C)OC1CC.[2H][Si](C)([B][3H])OCC1OC(C)CC1OP1O[C@@H]2[C@H]3OC4(CCCC4)O[C@H]3O[C@@H]2CN1C(C)C. The van der Waals surface area contributed by atoms with E-state index in [0.717, 1.165) is 91.0 Å². The Kier molecular flexibility index (Phi) is 17.1. The van der Waals surface area contributed by atoms with Gasteiger partial charge in [-0.05, 0) is 110 Å². The maximum atomic E-state index is 8.12. The zero-order valence-corrected chi connectivity index (χ0v) is 45.8. The lowest BCUT2D eigenvalue weighted by atomic mass is 10.00. The van der Waals surface area contributed by atoms with E-state index in [9.17, 15) is 0 Å². The van der Waals surface area contributed by atoms with Gasteiger partial charge in [0, 0.05) is 58.9 Å². The van der Waals surface area contributed by atoms with E-state index in [-0.39, 0.29) is 86.1 Å². The van der Waals surface area contributed by atoms with Crippen molar-refractivity contribution in [2.24, 2.45) is 17.8 Å². The Balaban J connectivity index is 0.000000175. The summed E-state index contributed by atoms with van der Waals surface area (Å²) in [6, 6.07) is 0.223. The Morgan fingerprint density at radius 2 is 1.50 bits per heavy atom. The molecule has 0 bridgehead atoms. The van der Waals surface area contributed by atoms with Crippen LogP contribution in [0.1, 0.15) is 139 Å². The molecule has 3 aliphatic carbocycles. The van der Waals surface area contributed by atoms with Gasteiger partial charge in [0.15, 0.2) is 24.2 Å². The Hall–Kier alpha value is 0.722. The van der Waals surface area contributed by atoms with Crippen molar-refractivity contribution in [1.82, 2.24) is 9.99 Å². The number of fused-ring (bicyclic) bond motifs is 4. The van der Waals surface area contributed by atoms with Crippen LogP contribution in [0.5, 0.6) is 0 Å². The zero-order chi connectivity index (χ0) is 49.6. The first kappa shape index (κ1) is 50.9. The molecule has 2 spiro atoms. The maximum Gasteiger partial charge on any atom is 0.328 e. The van der Waals surface area contributed by atoms with E-state index in [0.29, 0.717) is 37.5 Å². The maximum absolute atomic E-state index is 8.12. The summed E-state index contributed by atoms with van der Waals surface area (Å²) in [5.74, 6) is 0.717. The van der Waals surface area contributed by atoms with Crippen molar-refractivity contribution < 1.29 is 64.9 Å². The third kappa shape index (κ3) is 12.2. The highest BCUT2D eigenvalue weighted by molar-refractivity contribution is 8.07. The van der Waals surface area contributed by atoms with Crippen LogP contribution in [-0.2, 0) is 76.7 Å². The van der Waals surface area contributed by atoms with Crippen LogP contribution in [-0.4, -0.2) is 160 Å². The summed E-state index contributed by atoms with van der Waals surface area (Å²) in [6.45, 7) is 18.7. The summed E-state index contributed by atoms with van der Waals surface area (Å²) >= 11 is 6.19. The van der Waals surface area contributed by atoms with Crippen molar-refractivity contribution in [2.75, 3.05) is 32.8 Å². The fourth-order valence-electron chi connectivity index (χ4n) is 12.2. The molecule has 1 N–H and O–H groups in total. The largest absolute Gasteiger partial charge is 0.427 e. The first-order chi connectivity index (χ1) is 33.4. The number of nitrogens with one attached hydrogen (secondary N) is 1. The van der Waals surface area contributed by atoms with Crippen molar-refractivity contribution in [3.8, 4) is 0 Å². The van der Waals surface area contributed by atoms with E-state index >= 15 is 0 Å². The molecule has 12 unspecified atom stereocenters. The Morgan fingerprint density at radius 1 is 0.838 bits per heavy atom. The number of nitrogens with zero attached hydrogens (tertiary/aromatic N) is 1. The summed E-state index contributed by atoms with van der Waals surface area (Å²) in [5, 5.41) is 3.40. The molecule has 16 nitrogen and oxygen atoms in total. The molecule has 7 heterocycles. The van der Waals surface area contributed by atoms with Crippen LogP contribution in [0.25, 0.3) is 0 Å². The van der Waals surface area contributed by atoms with Crippen LogP contribution in [0.3, 0.4) is 0 Å². The number of ether oxygens (including phenoxy) is 8. The van der Waals surface area contributed by atoms with Crippen LogP contribution < -0.4 is 5.32 Å². The van der Waals surface area contributed by atoms with Gasteiger partial charge in [-0.3, -0.25) is 4.52 Å². The highest BCUT2D eigenvalue weighted by Crippen LogP contribution is 2.60. The molecule has 389 valence electrons. The minimum atomic E-state index is -3.15. The highest BCUT2D eigenvalue weighted by atomic mass is 32.5. The predicted molar refractivity (Wildman–Crippen MR) is 264 cm³/mol. The lowest BCUT2D eigenvalue weighted by Crippen LogP contribution is -2.49. The molecule has 68 heavy (non-hydrogen) atoms. The van der Waals surface area contributed by atoms with Gasteiger partial charge in [0.1, 0.15) is 59.0 Å². The number of hydrogen-bond acceptors (Lipinski definition) is 17. The third-order valence-corrected chi connectivity index (χ3v) is 20.6. The molecule has 3 saturated carbocycles. The quantitative estimate of drug-likeness (QED) is 0.108. The van der Waals surface area contributed by atoms with Gasteiger partial charge < -0.3 is 65.7 Å². The minimum absolute atomic E-state index is 0.00657. The molecule has 0 aromatic carbocycles. The highest BCUT2D eigenvalue weighted by Gasteiger charge is 2.63. The van der Waals surface area contributed by atoms with E-state index in [4.69, 9.17) is 79.3 Å². The summed E-state index contributed by atoms with van der Waals surface area (Å²) in [6.07, 6.45) is 9.96. The number of rotatable bonds is 18. The van der Waals surface area contributed by atoms with Crippen LogP contribution in [0.15, 0.2) is 0 Å². The smallest absolute Gasteiger partial charge is 0.328 e. The summed E-state index contributed by atoms with van der Waals surface area (Å²) in [5.41, 5.74) is 0. The second-order valence-corrected chi connectivity index (χ2v) is 27.6. The lowest BCUT2D eigenvalue weighted by molar-refractivity contribution is -0.231. The Bertz CT molecular complexity index is 1770. The minimum Gasteiger partial charge on any atom is -0.427 e. The topological polar surface area (TPSA) is 144 Å². The van der Waals surface area contributed by atoms with E-state index in [2.05, 4.69) is 58.5 Å². The molecule has 0 aromatic rings. The molecule has 10 aliphatic rings. The van der Waals surface area contributed by atoms with Gasteiger partial charge in [-0.25, -0.2) is 4.67 Å². The molecule has 0 amide bonds. The molecular formula is C47H84BN2O14P2SSi. The molecule has 0 aromatic heterocycles. The second-order valence-electron chi connectivity index (χ2n) is 21.7. The second kappa shape index (κ2) is 22.9. The Labute approximate surface area is 418 Å².